The zero-order chi connectivity index (χ0) is 18.4. The third-order valence-corrected chi connectivity index (χ3v) is 4.05. The first-order valence-electron chi connectivity index (χ1n) is 8.40. The van der Waals surface area contributed by atoms with Crippen LogP contribution in [0.15, 0.2) is 59.1 Å². The predicted octanol–water partition coefficient (Wildman–Crippen LogP) is 3.98. The first-order valence-corrected chi connectivity index (χ1v) is 8.40. The van der Waals surface area contributed by atoms with Crippen LogP contribution in [0.3, 0.4) is 0 Å². The Morgan fingerprint density at radius 3 is 2.50 bits per heavy atom. The number of methoxy groups -OCH3 is 1. The number of aromatic nitrogens is 2. The maximum absolute atomic E-state index is 12.4. The predicted molar refractivity (Wildman–Crippen MR) is 95.6 cm³/mol. The monoisotopic (exact) mass is 352 g/mol. The van der Waals surface area contributed by atoms with Crippen LogP contribution < -0.4 is 4.74 Å². The molecule has 3 rings (SSSR count). The van der Waals surface area contributed by atoms with Crippen molar-refractivity contribution in [1.29, 1.82) is 0 Å². The summed E-state index contributed by atoms with van der Waals surface area (Å²) in [5.74, 6) is 0.835. The van der Waals surface area contributed by atoms with Gasteiger partial charge in [-0.3, -0.25) is 4.79 Å². The Morgan fingerprint density at radius 1 is 1.12 bits per heavy atom. The fourth-order valence-electron chi connectivity index (χ4n) is 2.63. The minimum Gasteiger partial charge on any atom is -0.497 e. The Hall–Kier alpha value is -3.15. The molecule has 0 fully saturated rings. The van der Waals surface area contributed by atoms with Crippen LogP contribution in [-0.4, -0.2) is 23.2 Å². The summed E-state index contributed by atoms with van der Waals surface area (Å²) in [7, 11) is 1.61. The summed E-state index contributed by atoms with van der Waals surface area (Å²) < 4.78 is 15.7. The summed E-state index contributed by atoms with van der Waals surface area (Å²) in [6.45, 7) is 1.90. The van der Waals surface area contributed by atoms with Crippen molar-refractivity contribution in [1.82, 2.24) is 10.1 Å². The van der Waals surface area contributed by atoms with Gasteiger partial charge in [-0.2, -0.15) is 4.98 Å². The molecule has 2 aromatic carbocycles. The van der Waals surface area contributed by atoms with E-state index in [-0.39, 0.29) is 24.4 Å². The lowest BCUT2D eigenvalue weighted by Gasteiger charge is -2.13. The van der Waals surface area contributed by atoms with Crippen molar-refractivity contribution in [3.8, 4) is 17.1 Å². The third kappa shape index (κ3) is 4.08. The van der Waals surface area contributed by atoms with Gasteiger partial charge >= 0.3 is 5.97 Å². The minimum atomic E-state index is -0.305. The number of carbonyl (C=O) groups excluding carboxylic acids is 1. The van der Waals surface area contributed by atoms with Crippen molar-refractivity contribution in [3.05, 3.63) is 66.1 Å². The highest BCUT2D eigenvalue weighted by Crippen LogP contribution is 2.22. The highest BCUT2D eigenvalue weighted by atomic mass is 16.6. The van der Waals surface area contributed by atoms with E-state index in [1.807, 2.05) is 61.5 Å². The van der Waals surface area contributed by atoms with Crippen molar-refractivity contribution < 1.29 is 18.8 Å². The van der Waals surface area contributed by atoms with Gasteiger partial charge in [-0.15, -0.1) is 0 Å². The van der Waals surface area contributed by atoms with Crippen LogP contribution in [0.25, 0.3) is 11.4 Å². The Labute approximate surface area is 151 Å². The third-order valence-electron chi connectivity index (χ3n) is 4.05. The molecule has 6 nitrogen and oxygen atoms in total. The number of benzene rings is 2. The van der Waals surface area contributed by atoms with Crippen LogP contribution in [0.5, 0.6) is 5.75 Å². The summed E-state index contributed by atoms with van der Waals surface area (Å²) in [4.78, 5) is 16.6. The first kappa shape index (κ1) is 17.7. The van der Waals surface area contributed by atoms with Gasteiger partial charge in [0, 0.05) is 5.56 Å². The number of nitrogens with zero attached hydrogens (tertiary/aromatic N) is 2. The molecule has 6 heteroatoms. The van der Waals surface area contributed by atoms with Gasteiger partial charge in [0.2, 0.25) is 5.82 Å². The molecule has 0 aliphatic heterocycles. The standard InChI is InChI=1S/C20H20N2O4/c1-3-17(14-7-5-4-6-8-14)20(23)25-13-18-21-19(22-26-18)15-9-11-16(24-2)12-10-15/h4-12,17H,3,13H2,1-2H3. The topological polar surface area (TPSA) is 74.5 Å². The molecular formula is C20H20N2O4. The molecule has 1 aromatic heterocycles. The van der Waals surface area contributed by atoms with E-state index < -0.39 is 0 Å². The van der Waals surface area contributed by atoms with E-state index >= 15 is 0 Å². The molecule has 1 heterocycles. The molecule has 134 valence electrons. The van der Waals surface area contributed by atoms with E-state index in [0.717, 1.165) is 16.9 Å². The zero-order valence-corrected chi connectivity index (χ0v) is 14.7. The molecule has 26 heavy (non-hydrogen) atoms. The second-order valence-electron chi connectivity index (χ2n) is 5.72. The van der Waals surface area contributed by atoms with Crippen molar-refractivity contribution in [3.63, 3.8) is 0 Å². The molecule has 0 radical (unpaired) electrons. The van der Waals surface area contributed by atoms with Crippen LogP contribution in [-0.2, 0) is 16.1 Å². The van der Waals surface area contributed by atoms with Gasteiger partial charge in [-0.25, -0.2) is 0 Å². The summed E-state index contributed by atoms with van der Waals surface area (Å²) in [5, 5.41) is 3.92. The second-order valence-corrected chi connectivity index (χ2v) is 5.72. The van der Waals surface area contributed by atoms with E-state index in [2.05, 4.69) is 10.1 Å². The number of hydrogen-bond acceptors (Lipinski definition) is 6. The van der Waals surface area contributed by atoms with Crippen LogP contribution >= 0.6 is 0 Å². The number of hydrogen-bond donors (Lipinski definition) is 0. The van der Waals surface area contributed by atoms with Gasteiger partial charge in [-0.1, -0.05) is 42.4 Å². The van der Waals surface area contributed by atoms with Gasteiger partial charge < -0.3 is 14.0 Å². The van der Waals surface area contributed by atoms with E-state index in [4.69, 9.17) is 14.0 Å². The van der Waals surface area contributed by atoms with Crippen LogP contribution in [0.2, 0.25) is 0 Å². The first-order chi connectivity index (χ1) is 12.7. The van der Waals surface area contributed by atoms with Crippen LogP contribution in [0, 0.1) is 0 Å². The largest absolute Gasteiger partial charge is 0.497 e. The smallest absolute Gasteiger partial charge is 0.313 e. The fraction of sp³-hybridized carbons (Fsp3) is 0.250. The summed E-state index contributed by atoms with van der Waals surface area (Å²) >= 11 is 0. The van der Waals surface area contributed by atoms with Crippen LogP contribution in [0.4, 0.5) is 0 Å². The minimum absolute atomic E-state index is 0.0503. The van der Waals surface area contributed by atoms with Gasteiger partial charge in [0.05, 0.1) is 13.0 Å². The van der Waals surface area contributed by atoms with Gasteiger partial charge in [0.15, 0.2) is 6.61 Å². The Kier molecular flexibility index (Phi) is 5.63. The molecule has 3 aromatic rings. The van der Waals surface area contributed by atoms with Crippen molar-refractivity contribution in [2.75, 3.05) is 7.11 Å². The highest BCUT2D eigenvalue weighted by Gasteiger charge is 2.21. The Bertz CT molecular complexity index is 844. The maximum Gasteiger partial charge on any atom is 0.313 e. The summed E-state index contributed by atoms with van der Waals surface area (Å²) in [6.07, 6.45) is 0.657. The number of rotatable bonds is 7. The molecule has 0 aliphatic carbocycles. The molecule has 0 saturated carbocycles. The lowest BCUT2D eigenvalue weighted by molar-refractivity contribution is -0.147. The van der Waals surface area contributed by atoms with Crippen molar-refractivity contribution in [2.24, 2.45) is 0 Å². The van der Waals surface area contributed by atoms with Crippen LogP contribution in [0.1, 0.15) is 30.7 Å². The average molecular weight is 352 g/mol. The van der Waals surface area contributed by atoms with E-state index in [1.165, 1.54) is 0 Å². The molecule has 0 aliphatic rings. The molecule has 1 unspecified atom stereocenters. The molecule has 0 bridgehead atoms. The maximum atomic E-state index is 12.4. The molecule has 0 amide bonds. The molecular weight excluding hydrogens is 332 g/mol. The number of carbonyl (C=O) groups is 1. The summed E-state index contributed by atoms with van der Waals surface area (Å²) in [6, 6.07) is 16.9. The number of esters is 1. The normalized spacial score (nSPS) is 11.8. The van der Waals surface area contributed by atoms with Gasteiger partial charge in [-0.05, 0) is 36.2 Å². The van der Waals surface area contributed by atoms with E-state index in [9.17, 15) is 4.79 Å². The van der Waals surface area contributed by atoms with E-state index in [1.54, 1.807) is 7.11 Å². The molecule has 1 atom stereocenters. The molecule has 0 spiro atoms. The summed E-state index contributed by atoms with van der Waals surface area (Å²) in [5.41, 5.74) is 1.73. The quantitative estimate of drug-likeness (QED) is 0.599. The van der Waals surface area contributed by atoms with Crippen molar-refractivity contribution >= 4 is 5.97 Å². The lowest BCUT2D eigenvalue weighted by Crippen LogP contribution is -2.15. The average Bonchev–Trinajstić information content (AvgIpc) is 3.17. The van der Waals surface area contributed by atoms with Gasteiger partial charge in [0.25, 0.3) is 5.89 Å². The van der Waals surface area contributed by atoms with Crippen molar-refractivity contribution in [2.45, 2.75) is 25.9 Å². The molecule has 0 N–H and O–H groups in total. The Balaban J connectivity index is 1.63. The van der Waals surface area contributed by atoms with Gasteiger partial charge in [0.1, 0.15) is 5.75 Å². The zero-order valence-electron chi connectivity index (χ0n) is 14.7. The lowest BCUT2D eigenvalue weighted by atomic mass is 9.97. The fourth-order valence-corrected chi connectivity index (χ4v) is 2.63. The second kappa shape index (κ2) is 8.29. The Morgan fingerprint density at radius 2 is 1.85 bits per heavy atom. The SMILES string of the molecule is CCC(C(=O)OCc1nc(-c2ccc(OC)cc2)no1)c1ccccc1. The van der Waals surface area contributed by atoms with E-state index in [0.29, 0.717) is 12.2 Å². The molecule has 0 saturated heterocycles. The highest BCUT2D eigenvalue weighted by molar-refractivity contribution is 5.78. The number of ether oxygens (including phenoxy) is 2.